The Morgan fingerprint density at radius 3 is 2.74 bits per heavy atom. The highest BCUT2D eigenvalue weighted by atomic mass is 32.2. The number of anilines is 1. The van der Waals surface area contributed by atoms with Crippen molar-refractivity contribution in [1.82, 2.24) is 5.32 Å². The molecule has 0 fully saturated rings. The standard InChI is InChI=1S/C16H28N2S/c1-6-9-17-11-15-10-13(2)7-8-16(15)18(4)14(3)12-19-5/h7-8,10,14,17H,6,9,11-12H2,1-5H3. The maximum Gasteiger partial charge on any atom is 0.0412 e. The maximum atomic E-state index is 3.51. The molecule has 108 valence electrons. The highest BCUT2D eigenvalue weighted by molar-refractivity contribution is 7.98. The van der Waals surface area contributed by atoms with Gasteiger partial charge in [0.15, 0.2) is 0 Å². The van der Waals surface area contributed by atoms with E-state index in [1.165, 1.54) is 23.2 Å². The summed E-state index contributed by atoms with van der Waals surface area (Å²) in [6.07, 6.45) is 3.35. The van der Waals surface area contributed by atoms with Crippen LogP contribution in [0.2, 0.25) is 0 Å². The lowest BCUT2D eigenvalue weighted by molar-refractivity contribution is 0.670. The number of benzene rings is 1. The lowest BCUT2D eigenvalue weighted by atomic mass is 10.1. The summed E-state index contributed by atoms with van der Waals surface area (Å²) in [7, 11) is 2.20. The Balaban J connectivity index is 2.85. The van der Waals surface area contributed by atoms with E-state index in [1.807, 2.05) is 11.8 Å². The average Bonchev–Trinajstić information content (AvgIpc) is 2.39. The molecule has 2 nitrogen and oxygen atoms in total. The van der Waals surface area contributed by atoms with Crippen LogP contribution < -0.4 is 10.2 Å². The molecule has 1 aromatic carbocycles. The van der Waals surface area contributed by atoms with Crippen molar-refractivity contribution in [2.45, 2.75) is 39.8 Å². The van der Waals surface area contributed by atoms with E-state index < -0.39 is 0 Å². The molecular weight excluding hydrogens is 252 g/mol. The molecular formula is C16H28N2S. The summed E-state index contributed by atoms with van der Waals surface area (Å²) in [6.45, 7) is 8.70. The quantitative estimate of drug-likeness (QED) is 0.731. The number of nitrogens with one attached hydrogen (secondary N) is 1. The van der Waals surface area contributed by atoms with E-state index in [2.05, 4.69) is 62.5 Å². The van der Waals surface area contributed by atoms with Crippen molar-refractivity contribution < 1.29 is 0 Å². The predicted molar refractivity (Wildman–Crippen MR) is 89.4 cm³/mol. The van der Waals surface area contributed by atoms with E-state index in [4.69, 9.17) is 0 Å². The van der Waals surface area contributed by atoms with E-state index in [1.54, 1.807) is 0 Å². The highest BCUT2D eigenvalue weighted by Gasteiger charge is 2.13. The Morgan fingerprint density at radius 1 is 1.37 bits per heavy atom. The van der Waals surface area contributed by atoms with Crippen LogP contribution in [0.1, 0.15) is 31.4 Å². The van der Waals surface area contributed by atoms with Gasteiger partial charge in [-0.3, -0.25) is 0 Å². The van der Waals surface area contributed by atoms with Crippen LogP contribution in [-0.4, -0.2) is 31.6 Å². The molecule has 0 heterocycles. The first kappa shape index (κ1) is 16.4. The third-order valence-corrected chi connectivity index (χ3v) is 4.24. The van der Waals surface area contributed by atoms with Crippen molar-refractivity contribution in [2.75, 3.05) is 30.5 Å². The van der Waals surface area contributed by atoms with Crippen LogP contribution in [0, 0.1) is 6.92 Å². The first-order chi connectivity index (χ1) is 9.10. The fraction of sp³-hybridized carbons (Fsp3) is 0.625. The number of hydrogen-bond acceptors (Lipinski definition) is 3. The third-order valence-electron chi connectivity index (χ3n) is 3.43. The zero-order valence-corrected chi connectivity index (χ0v) is 13.8. The van der Waals surface area contributed by atoms with Crippen molar-refractivity contribution in [3.8, 4) is 0 Å². The molecule has 0 aliphatic carbocycles. The van der Waals surface area contributed by atoms with Gasteiger partial charge in [-0.2, -0.15) is 11.8 Å². The minimum Gasteiger partial charge on any atom is -0.371 e. The second kappa shape index (κ2) is 8.49. The van der Waals surface area contributed by atoms with Gasteiger partial charge in [0, 0.05) is 31.1 Å². The van der Waals surface area contributed by atoms with Crippen LogP contribution in [0.5, 0.6) is 0 Å². The Labute approximate surface area is 123 Å². The smallest absolute Gasteiger partial charge is 0.0412 e. The number of hydrogen-bond donors (Lipinski definition) is 1. The molecule has 1 N–H and O–H groups in total. The van der Waals surface area contributed by atoms with Gasteiger partial charge >= 0.3 is 0 Å². The predicted octanol–water partition coefficient (Wildman–Crippen LogP) is 3.68. The van der Waals surface area contributed by atoms with Crippen molar-refractivity contribution in [3.05, 3.63) is 29.3 Å². The molecule has 3 heteroatoms. The SMILES string of the molecule is CCCNCc1cc(C)ccc1N(C)C(C)CSC. The molecule has 19 heavy (non-hydrogen) atoms. The van der Waals surface area contributed by atoms with E-state index in [0.717, 1.165) is 18.8 Å². The van der Waals surface area contributed by atoms with Crippen molar-refractivity contribution in [2.24, 2.45) is 0 Å². The number of aryl methyl sites for hydroxylation is 1. The van der Waals surface area contributed by atoms with E-state index in [-0.39, 0.29) is 0 Å². The first-order valence-electron chi connectivity index (χ1n) is 7.12. The van der Waals surface area contributed by atoms with Crippen LogP contribution in [0.25, 0.3) is 0 Å². The molecule has 0 aliphatic heterocycles. The summed E-state index contributed by atoms with van der Waals surface area (Å²) in [5.74, 6) is 1.16. The Hall–Kier alpha value is -0.670. The van der Waals surface area contributed by atoms with Crippen LogP contribution in [0.4, 0.5) is 5.69 Å². The van der Waals surface area contributed by atoms with Gasteiger partial charge in [-0.25, -0.2) is 0 Å². The molecule has 1 unspecified atom stereocenters. The summed E-state index contributed by atoms with van der Waals surface area (Å²) < 4.78 is 0. The molecule has 0 bridgehead atoms. The fourth-order valence-electron chi connectivity index (χ4n) is 2.19. The molecule has 0 spiro atoms. The number of nitrogens with zero attached hydrogens (tertiary/aromatic N) is 1. The maximum absolute atomic E-state index is 3.51. The normalized spacial score (nSPS) is 12.5. The second-order valence-electron chi connectivity index (χ2n) is 5.22. The lowest BCUT2D eigenvalue weighted by Crippen LogP contribution is -2.32. The third kappa shape index (κ3) is 5.07. The molecule has 0 aliphatic rings. The van der Waals surface area contributed by atoms with Gasteiger partial charge in [-0.15, -0.1) is 0 Å². The number of rotatable bonds is 8. The topological polar surface area (TPSA) is 15.3 Å². The van der Waals surface area contributed by atoms with Gasteiger partial charge < -0.3 is 10.2 Å². The van der Waals surface area contributed by atoms with Gasteiger partial charge in [-0.05, 0) is 44.7 Å². The summed E-state index contributed by atoms with van der Waals surface area (Å²) in [5.41, 5.74) is 4.10. The van der Waals surface area contributed by atoms with Gasteiger partial charge in [-0.1, -0.05) is 24.6 Å². The summed E-state index contributed by atoms with van der Waals surface area (Å²) >= 11 is 1.91. The van der Waals surface area contributed by atoms with Crippen molar-refractivity contribution in [1.29, 1.82) is 0 Å². The largest absolute Gasteiger partial charge is 0.371 e. The minimum absolute atomic E-state index is 0.558. The molecule has 0 amide bonds. The van der Waals surface area contributed by atoms with Crippen LogP contribution in [-0.2, 0) is 6.54 Å². The Bertz CT molecular complexity index is 379. The summed E-state index contributed by atoms with van der Waals surface area (Å²) in [6, 6.07) is 7.33. The van der Waals surface area contributed by atoms with Crippen molar-refractivity contribution >= 4 is 17.4 Å². The highest BCUT2D eigenvalue weighted by Crippen LogP contribution is 2.23. The van der Waals surface area contributed by atoms with Gasteiger partial charge in [0.2, 0.25) is 0 Å². The monoisotopic (exact) mass is 280 g/mol. The molecule has 0 saturated carbocycles. The zero-order valence-electron chi connectivity index (χ0n) is 13.0. The van der Waals surface area contributed by atoms with Crippen LogP contribution in [0.15, 0.2) is 18.2 Å². The van der Waals surface area contributed by atoms with E-state index >= 15 is 0 Å². The van der Waals surface area contributed by atoms with Gasteiger partial charge in [0.05, 0.1) is 0 Å². The Morgan fingerprint density at radius 2 is 2.11 bits per heavy atom. The van der Waals surface area contributed by atoms with E-state index in [9.17, 15) is 0 Å². The Kier molecular flexibility index (Phi) is 7.32. The number of thioether (sulfide) groups is 1. The zero-order chi connectivity index (χ0) is 14.3. The van der Waals surface area contributed by atoms with Gasteiger partial charge in [0.25, 0.3) is 0 Å². The van der Waals surface area contributed by atoms with Gasteiger partial charge in [0.1, 0.15) is 0 Å². The fourth-order valence-corrected chi connectivity index (χ4v) is 2.90. The summed E-state index contributed by atoms with van der Waals surface area (Å²) in [5, 5.41) is 3.51. The molecule has 0 radical (unpaired) electrons. The average molecular weight is 280 g/mol. The van der Waals surface area contributed by atoms with E-state index in [0.29, 0.717) is 6.04 Å². The van der Waals surface area contributed by atoms with Crippen LogP contribution >= 0.6 is 11.8 Å². The van der Waals surface area contributed by atoms with Crippen molar-refractivity contribution in [3.63, 3.8) is 0 Å². The molecule has 1 rings (SSSR count). The lowest BCUT2D eigenvalue weighted by Gasteiger charge is -2.29. The molecule has 0 aromatic heterocycles. The summed E-state index contributed by atoms with van der Waals surface area (Å²) in [4.78, 5) is 2.40. The molecule has 1 aromatic rings. The van der Waals surface area contributed by atoms with Crippen LogP contribution in [0.3, 0.4) is 0 Å². The molecule has 0 saturated heterocycles. The molecule has 1 atom stereocenters. The second-order valence-corrected chi connectivity index (χ2v) is 6.13. The minimum atomic E-state index is 0.558. The first-order valence-corrected chi connectivity index (χ1v) is 8.51.